The molecule has 6 heteroatoms. The van der Waals surface area contributed by atoms with Gasteiger partial charge in [-0.25, -0.2) is 0 Å². The molecule has 0 aliphatic carbocycles. The third-order valence-corrected chi connectivity index (χ3v) is 3.28. The first-order chi connectivity index (χ1) is 9.79. The van der Waals surface area contributed by atoms with Gasteiger partial charge < -0.3 is 19.2 Å². The lowest BCUT2D eigenvalue weighted by molar-refractivity contribution is 0.0544. The summed E-state index contributed by atoms with van der Waals surface area (Å²) in [5.41, 5.74) is 1.79. The molecule has 0 spiro atoms. The first kappa shape index (κ1) is 14.8. The number of nitrogens with one attached hydrogen (secondary N) is 1. The molecule has 2 rings (SSSR count). The van der Waals surface area contributed by atoms with Gasteiger partial charge in [-0.2, -0.15) is 0 Å². The van der Waals surface area contributed by atoms with Gasteiger partial charge in [0.2, 0.25) is 0 Å². The fraction of sp³-hybridized carbons (Fsp3) is 0.357. The molecule has 2 aromatic rings. The molecule has 20 heavy (non-hydrogen) atoms. The average Bonchev–Trinajstić information content (AvgIpc) is 2.90. The fourth-order valence-electron chi connectivity index (χ4n) is 1.62. The summed E-state index contributed by atoms with van der Waals surface area (Å²) in [5.74, 6) is 0.779. The van der Waals surface area contributed by atoms with Crippen LogP contribution in [0.1, 0.15) is 0 Å². The summed E-state index contributed by atoms with van der Waals surface area (Å²) < 4.78 is 15.7. The third kappa shape index (κ3) is 4.48. The van der Waals surface area contributed by atoms with Crippen LogP contribution in [0, 0.1) is 0 Å². The van der Waals surface area contributed by atoms with Gasteiger partial charge in [0, 0.05) is 12.5 Å². The van der Waals surface area contributed by atoms with Crippen LogP contribution in [0.15, 0.2) is 34.4 Å². The number of benzene rings is 1. The fourth-order valence-corrected chi connectivity index (χ4v) is 2.20. The summed E-state index contributed by atoms with van der Waals surface area (Å²) in [6.07, 6.45) is 0. The van der Waals surface area contributed by atoms with E-state index in [0.29, 0.717) is 26.4 Å². The van der Waals surface area contributed by atoms with Crippen LogP contribution in [0.25, 0.3) is 11.3 Å². The highest BCUT2D eigenvalue weighted by molar-refractivity contribution is 7.07. The van der Waals surface area contributed by atoms with E-state index in [0.717, 1.165) is 28.3 Å². The maximum absolute atomic E-state index is 11.1. The molecule has 1 heterocycles. The maximum atomic E-state index is 11.1. The minimum absolute atomic E-state index is 0.0477. The Morgan fingerprint density at radius 2 is 1.85 bits per heavy atom. The van der Waals surface area contributed by atoms with Gasteiger partial charge >= 0.3 is 4.87 Å². The molecular weight excluding hydrogens is 278 g/mol. The van der Waals surface area contributed by atoms with Crippen LogP contribution in [0.3, 0.4) is 0 Å². The molecule has 0 radical (unpaired) electrons. The van der Waals surface area contributed by atoms with E-state index in [4.69, 9.17) is 14.2 Å². The molecule has 108 valence electrons. The lowest BCUT2D eigenvalue weighted by atomic mass is 10.2. The number of H-pyrrole nitrogens is 1. The van der Waals surface area contributed by atoms with Crippen molar-refractivity contribution < 1.29 is 14.2 Å². The summed E-state index contributed by atoms with van der Waals surface area (Å²) in [6.45, 7) is 2.19. The molecular formula is C14H17NO4S. The van der Waals surface area contributed by atoms with Gasteiger partial charge in [0.05, 0.1) is 25.5 Å². The second-order valence-corrected chi connectivity index (χ2v) is 4.88. The van der Waals surface area contributed by atoms with Crippen LogP contribution in [0.2, 0.25) is 0 Å². The van der Waals surface area contributed by atoms with Gasteiger partial charge in [-0.05, 0) is 29.8 Å². The predicted octanol–water partition coefficient (Wildman–Crippen LogP) is 2.15. The molecule has 0 saturated carbocycles. The van der Waals surface area contributed by atoms with Crippen molar-refractivity contribution in [1.29, 1.82) is 0 Å². The van der Waals surface area contributed by atoms with Crippen LogP contribution >= 0.6 is 11.3 Å². The number of rotatable bonds is 8. The Kier molecular flexibility index (Phi) is 5.79. The van der Waals surface area contributed by atoms with Crippen molar-refractivity contribution in [3.63, 3.8) is 0 Å². The second kappa shape index (κ2) is 7.84. The highest BCUT2D eigenvalue weighted by Crippen LogP contribution is 2.20. The number of ether oxygens (including phenoxy) is 3. The minimum Gasteiger partial charge on any atom is -0.491 e. The Morgan fingerprint density at radius 1 is 1.10 bits per heavy atom. The zero-order valence-electron chi connectivity index (χ0n) is 11.3. The lowest BCUT2D eigenvalue weighted by Gasteiger charge is -2.07. The molecule has 0 amide bonds. The van der Waals surface area contributed by atoms with E-state index in [9.17, 15) is 4.79 Å². The normalized spacial score (nSPS) is 10.7. The summed E-state index contributed by atoms with van der Waals surface area (Å²) in [4.78, 5) is 13.8. The van der Waals surface area contributed by atoms with Crippen molar-refractivity contribution in [3.8, 4) is 17.0 Å². The molecule has 1 aromatic carbocycles. The monoisotopic (exact) mass is 295 g/mol. The van der Waals surface area contributed by atoms with Crippen LogP contribution in [-0.2, 0) is 9.47 Å². The first-order valence-corrected chi connectivity index (χ1v) is 7.15. The summed E-state index contributed by atoms with van der Waals surface area (Å²) in [6, 6.07) is 7.58. The van der Waals surface area contributed by atoms with E-state index >= 15 is 0 Å². The minimum atomic E-state index is -0.0477. The molecule has 0 fully saturated rings. The van der Waals surface area contributed by atoms with E-state index in [-0.39, 0.29) is 4.87 Å². The maximum Gasteiger partial charge on any atom is 0.304 e. The quantitative estimate of drug-likeness (QED) is 0.758. The number of thiazole rings is 1. The molecule has 0 saturated heterocycles. The van der Waals surface area contributed by atoms with Crippen molar-refractivity contribution in [2.75, 3.05) is 33.5 Å². The summed E-state index contributed by atoms with van der Waals surface area (Å²) in [7, 11) is 1.64. The highest BCUT2D eigenvalue weighted by Gasteiger charge is 2.01. The van der Waals surface area contributed by atoms with Crippen molar-refractivity contribution >= 4 is 11.3 Å². The van der Waals surface area contributed by atoms with E-state index < -0.39 is 0 Å². The van der Waals surface area contributed by atoms with Crippen LogP contribution in [0.4, 0.5) is 0 Å². The van der Waals surface area contributed by atoms with Crippen LogP contribution in [-0.4, -0.2) is 38.5 Å². The number of methoxy groups -OCH3 is 1. The van der Waals surface area contributed by atoms with Gasteiger partial charge in [-0.15, -0.1) is 0 Å². The highest BCUT2D eigenvalue weighted by atomic mass is 32.1. The SMILES string of the molecule is COCCOCCOc1ccc(-c2csc(=O)[nH]2)cc1. The zero-order chi connectivity index (χ0) is 14.2. The Morgan fingerprint density at radius 3 is 2.50 bits per heavy atom. The van der Waals surface area contributed by atoms with Gasteiger partial charge in [-0.3, -0.25) is 4.79 Å². The molecule has 1 N–H and O–H groups in total. The van der Waals surface area contributed by atoms with Gasteiger partial charge in [-0.1, -0.05) is 11.3 Å². The molecule has 0 atom stereocenters. The van der Waals surface area contributed by atoms with E-state index in [1.165, 1.54) is 0 Å². The Balaban J connectivity index is 1.78. The van der Waals surface area contributed by atoms with Crippen LogP contribution in [0.5, 0.6) is 5.75 Å². The van der Waals surface area contributed by atoms with E-state index in [1.807, 2.05) is 29.6 Å². The molecule has 5 nitrogen and oxygen atoms in total. The van der Waals surface area contributed by atoms with Crippen molar-refractivity contribution in [2.24, 2.45) is 0 Å². The molecule has 1 aromatic heterocycles. The first-order valence-electron chi connectivity index (χ1n) is 6.27. The van der Waals surface area contributed by atoms with Gasteiger partial charge in [0.15, 0.2) is 0 Å². The average molecular weight is 295 g/mol. The summed E-state index contributed by atoms with van der Waals surface area (Å²) in [5, 5.41) is 1.81. The number of aromatic amines is 1. The van der Waals surface area contributed by atoms with Crippen molar-refractivity contribution in [1.82, 2.24) is 4.98 Å². The van der Waals surface area contributed by atoms with Crippen LogP contribution < -0.4 is 9.61 Å². The Bertz CT molecular complexity index is 561. The van der Waals surface area contributed by atoms with Crippen molar-refractivity contribution in [2.45, 2.75) is 0 Å². The molecule has 0 aliphatic rings. The smallest absolute Gasteiger partial charge is 0.304 e. The summed E-state index contributed by atoms with van der Waals surface area (Å²) >= 11 is 1.16. The third-order valence-electron chi connectivity index (χ3n) is 2.61. The largest absolute Gasteiger partial charge is 0.491 e. The topological polar surface area (TPSA) is 60.6 Å². The van der Waals surface area contributed by atoms with E-state index in [2.05, 4.69) is 4.98 Å². The van der Waals surface area contributed by atoms with E-state index in [1.54, 1.807) is 7.11 Å². The number of aromatic nitrogens is 1. The van der Waals surface area contributed by atoms with Crippen molar-refractivity contribution in [3.05, 3.63) is 39.3 Å². The molecule has 0 bridgehead atoms. The predicted molar refractivity (Wildman–Crippen MR) is 78.6 cm³/mol. The molecule has 0 unspecified atom stereocenters. The lowest BCUT2D eigenvalue weighted by Crippen LogP contribution is -2.09. The standard InChI is InChI=1S/C14H17NO4S/c1-17-6-7-18-8-9-19-12-4-2-11(3-5-12)13-10-20-14(16)15-13/h2-5,10H,6-9H2,1H3,(H,15,16). The number of hydrogen-bond acceptors (Lipinski definition) is 5. The van der Waals surface area contributed by atoms with Gasteiger partial charge in [0.25, 0.3) is 0 Å². The second-order valence-electron chi connectivity index (χ2n) is 4.04. The number of hydrogen-bond donors (Lipinski definition) is 1. The molecule has 0 aliphatic heterocycles. The van der Waals surface area contributed by atoms with Gasteiger partial charge in [0.1, 0.15) is 12.4 Å². The Hall–Kier alpha value is -1.63. The Labute approximate surface area is 121 Å². The zero-order valence-corrected chi connectivity index (χ0v) is 12.1.